The SMILES string of the molecule is CCCN1CCC(CC(=O)NCc2c(C)ncc3c2CCNC3)CC1. The standard InChI is InChI=1S/C20H32N4O/c1-3-8-24-9-5-16(6-10-24)11-20(25)23-14-19-15(2)22-13-17-12-21-7-4-18(17)19/h13,16,21H,3-12,14H2,1-2H3,(H,23,25). The van der Waals surface area contributed by atoms with Gasteiger partial charge in [0.2, 0.25) is 5.91 Å². The number of piperidine rings is 1. The van der Waals surface area contributed by atoms with Crippen LogP contribution in [-0.2, 0) is 24.3 Å². The molecule has 3 heterocycles. The fraction of sp³-hybridized carbons (Fsp3) is 0.700. The first kappa shape index (κ1) is 18.3. The maximum Gasteiger partial charge on any atom is 0.220 e. The Bertz CT molecular complexity index is 594. The molecule has 1 aromatic heterocycles. The van der Waals surface area contributed by atoms with Gasteiger partial charge in [-0.3, -0.25) is 9.78 Å². The number of nitrogens with zero attached hydrogens (tertiary/aromatic N) is 2. The van der Waals surface area contributed by atoms with E-state index in [1.807, 2.05) is 13.1 Å². The van der Waals surface area contributed by atoms with E-state index in [4.69, 9.17) is 0 Å². The van der Waals surface area contributed by atoms with Crippen LogP contribution in [-0.4, -0.2) is 42.0 Å². The van der Waals surface area contributed by atoms with Gasteiger partial charge in [0.05, 0.1) is 0 Å². The van der Waals surface area contributed by atoms with Crippen molar-refractivity contribution in [2.24, 2.45) is 5.92 Å². The van der Waals surface area contributed by atoms with Gasteiger partial charge in [0.1, 0.15) is 0 Å². The molecule has 0 saturated carbocycles. The molecular formula is C20H32N4O. The minimum atomic E-state index is 0.194. The summed E-state index contributed by atoms with van der Waals surface area (Å²) in [6.07, 6.45) is 7.20. The number of rotatable bonds is 6. The van der Waals surface area contributed by atoms with Crippen LogP contribution in [0.15, 0.2) is 6.20 Å². The van der Waals surface area contributed by atoms with E-state index in [1.165, 1.54) is 29.7 Å². The molecule has 0 aliphatic carbocycles. The van der Waals surface area contributed by atoms with Crippen molar-refractivity contribution >= 4 is 5.91 Å². The van der Waals surface area contributed by atoms with Gasteiger partial charge in [0, 0.05) is 31.4 Å². The van der Waals surface area contributed by atoms with Crippen molar-refractivity contribution in [3.8, 4) is 0 Å². The molecule has 0 aromatic carbocycles. The van der Waals surface area contributed by atoms with E-state index < -0.39 is 0 Å². The molecule has 0 radical (unpaired) electrons. The summed E-state index contributed by atoms with van der Waals surface area (Å²) in [5.41, 5.74) is 4.95. The lowest BCUT2D eigenvalue weighted by Gasteiger charge is -2.31. The minimum Gasteiger partial charge on any atom is -0.352 e. The number of hydrogen-bond acceptors (Lipinski definition) is 4. The number of pyridine rings is 1. The molecule has 2 aliphatic heterocycles. The molecule has 0 atom stereocenters. The van der Waals surface area contributed by atoms with Crippen molar-refractivity contribution in [1.29, 1.82) is 0 Å². The van der Waals surface area contributed by atoms with Crippen LogP contribution in [0.2, 0.25) is 0 Å². The van der Waals surface area contributed by atoms with Crippen LogP contribution in [0.25, 0.3) is 0 Å². The van der Waals surface area contributed by atoms with E-state index >= 15 is 0 Å². The Hall–Kier alpha value is -1.46. The van der Waals surface area contributed by atoms with Crippen molar-refractivity contribution < 1.29 is 4.79 Å². The molecule has 0 unspecified atom stereocenters. The van der Waals surface area contributed by atoms with Crippen LogP contribution in [0, 0.1) is 12.8 Å². The highest BCUT2D eigenvalue weighted by molar-refractivity contribution is 5.76. The maximum atomic E-state index is 12.4. The number of fused-ring (bicyclic) bond motifs is 1. The van der Waals surface area contributed by atoms with Crippen LogP contribution in [0.1, 0.15) is 55.0 Å². The van der Waals surface area contributed by atoms with Crippen LogP contribution < -0.4 is 10.6 Å². The van der Waals surface area contributed by atoms with Gasteiger partial charge in [-0.25, -0.2) is 0 Å². The first-order valence-corrected chi connectivity index (χ1v) is 9.83. The van der Waals surface area contributed by atoms with Gasteiger partial charge < -0.3 is 15.5 Å². The normalized spacial score (nSPS) is 18.8. The lowest BCUT2D eigenvalue weighted by Crippen LogP contribution is -2.36. The molecule has 2 aliphatic rings. The zero-order valence-electron chi connectivity index (χ0n) is 15.7. The van der Waals surface area contributed by atoms with E-state index in [-0.39, 0.29) is 5.91 Å². The summed E-state index contributed by atoms with van der Waals surface area (Å²) >= 11 is 0. The minimum absolute atomic E-state index is 0.194. The Balaban J connectivity index is 1.50. The van der Waals surface area contributed by atoms with Crippen molar-refractivity contribution in [1.82, 2.24) is 20.5 Å². The maximum absolute atomic E-state index is 12.4. The average Bonchev–Trinajstić information content (AvgIpc) is 2.63. The van der Waals surface area contributed by atoms with Crippen LogP contribution in [0.5, 0.6) is 0 Å². The molecule has 1 fully saturated rings. The third-order valence-corrected chi connectivity index (χ3v) is 5.65. The third kappa shape index (κ3) is 4.79. The summed E-state index contributed by atoms with van der Waals surface area (Å²) in [6.45, 7) is 10.3. The second kappa shape index (κ2) is 8.77. The van der Waals surface area contributed by atoms with Gasteiger partial charge in [-0.2, -0.15) is 0 Å². The lowest BCUT2D eigenvalue weighted by molar-refractivity contribution is -0.122. The predicted molar refractivity (Wildman–Crippen MR) is 100 cm³/mol. The van der Waals surface area contributed by atoms with Crippen LogP contribution in [0.3, 0.4) is 0 Å². The number of carbonyl (C=O) groups is 1. The van der Waals surface area contributed by atoms with Crippen LogP contribution >= 0.6 is 0 Å². The number of aryl methyl sites for hydroxylation is 1. The van der Waals surface area contributed by atoms with Gasteiger partial charge in [-0.15, -0.1) is 0 Å². The molecule has 2 N–H and O–H groups in total. The fourth-order valence-electron chi connectivity index (χ4n) is 4.13. The van der Waals surface area contributed by atoms with Crippen molar-refractivity contribution in [2.45, 2.75) is 59.0 Å². The molecular weight excluding hydrogens is 312 g/mol. The van der Waals surface area contributed by atoms with E-state index in [0.717, 1.165) is 51.1 Å². The topological polar surface area (TPSA) is 57.3 Å². The summed E-state index contributed by atoms with van der Waals surface area (Å²) in [4.78, 5) is 19.5. The Morgan fingerprint density at radius 1 is 1.40 bits per heavy atom. The molecule has 1 saturated heterocycles. The summed E-state index contributed by atoms with van der Waals surface area (Å²) < 4.78 is 0. The van der Waals surface area contributed by atoms with E-state index in [1.54, 1.807) is 0 Å². The zero-order valence-corrected chi connectivity index (χ0v) is 15.7. The summed E-state index contributed by atoms with van der Waals surface area (Å²) in [5, 5.41) is 6.55. The predicted octanol–water partition coefficient (Wildman–Crippen LogP) is 2.16. The first-order valence-electron chi connectivity index (χ1n) is 9.83. The zero-order chi connectivity index (χ0) is 17.6. The average molecular weight is 345 g/mol. The highest BCUT2D eigenvalue weighted by Crippen LogP contribution is 2.22. The largest absolute Gasteiger partial charge is 0.352 e. The third-order valence-electron chi connectivity index (χ3n) is 5.65. The monoisotopic (exact) mass is 344 g/mol. The van der Waals surface area contributed by atoms with Gasteiger partial charge in [0.25, 0.3) is 0 Å². The fourth-order valence-corrected chi connectivity index (χ4v) is 4.13. The van der Waals surface area contributed by atoms with E-state index in [0.29, 0.717) is 18.9 Å². The molecule has 0 bridgehead atoms. The number of likely N-dealkylation sites (tertiary alicyclic amines) is 1. The number of carbonyl (C=O) groups excluding carboxylic acids is 1. The van der Waals surface area contributed by atoms with Crippen molar-refractivity contribution in [3.05, 3.63) is 28.6 Å². The van der Waals surface area contributed by atoms with Gasteiger partial charge in [-0.1, -0.05) is 6.92 Å². The molecule has 0 spiro atoms. The quantitative estimate of drug-likeness (QED) is 0.830. The van der Waals surface area contributed by atoms with Crippen molar-refractivity contribution in [3.63, 3.8) is 0 Å². The Labute approximate surface area is 151 Å². The van der Waals surface area contributed by atoms with E-state index in [9.17, 15) is 4.79 Å². The van der Waals surface area contributed by atoms with Gasteiger partial charge in [-0.05, 0) is 81.4 Å². The molecule has 3 rings (SSSR count). The molecule has 5 heteroatoms. The Morgan fingerprint density at radius 2 is 2.20 bits per heavy atom. The smallest absolute Gasteiger partial charge is 0.220 e. The second-order valence-corrected chi connectivity index (χ2v) is 7.52. The Morgan fingerprint density at radius 3 is 2.96 bits per heavy atom. The number of hydrogen-bond donors (Lipinski definition) is 2. The first-order chi connectivity index (χ1) is 12.2. The highest BCUT2D eigenvalue weighted by Gasteiger charge is 2.21. The van der Waals surface area contributed by atoms with Crippen LogP contribution in [0.4, 0.5) is 0 Å². The highest BCUT2D eigenvalue weighted by atomic mass is 16.1. The molecule has 1 aromatic rings. The van der Waals surface area contributed by atoms with Gasteiger partial charge in [0.15, 0.2) is 0 Å². The molecule has 25 heavy (non-hydrogen) atoms. The molecule has 1 amide bonds. The molecule has 5 nitrogen and oxygen atoms in total. The summed E-state index contributed by atoms with van der Waals surface area (Å²) in [5.74, 6) is 0.737. The lowest BCUT2D eigenvalue weighted by atomic mass is 9.93. The number of amides is 1. The molecule has 138 valence electrons. The van der Waals surface area contributed by atoms with Crippen molar-refractivity contribution in [2.75, 3.05) is 26.2 Å². The number of nitrogens with one attached hydrogen (secondary N) is 2. The summed E-state index contributed by atoms with van der Waals surface area (Å²) in [6, 6.07) is 0. The summed E-state index contributed by atoms with van der Waals surface area (Å²) in [7, 11) is 0. The van der Waals surface area contributed by atoms with E-state index in [2.05, 4.69) is 27.4 Å². The number of aromatic nitrogens is 1. The second-order valence-electron chi connectivity index (χ2n) is 7.52. The van der Waals surface area contributed by atoms with Gasteiger partial charge >= 0.3 is 0 Å². The Kier molecular flexibility index (Phi) is 6.43.